The number of nitrogens with one attached hydrogen (secondary N) is 1. The summed E-state index contributed by atoms with van der Waals surface area (Å²) in [5.41, 5.74) is 0. The molecule has 0 aromatic carbocycles. The molecule has 1 aromatic rings. The second-order valence-corrected chi connectivity index (χ2v) is 5.70. The van der Waals surface area contributed by atoms with E-state index >= 15 is 0 Å². The van der Waals surface area contributed by atoms with Crippen molar-refractivity contribution in [3.8, 4) is 0 Å². The number of aryl methyl sites for hydroxylation is 1. The molecule has 0 saturated carbocycles. The molecule has 1 unspecified atom stereocenters. The minimum atomic E-state index is 0.546. The maximum atomic E-state index is 4.07. The van der Waals surface area contributed by atoms with Crippen LogP contribution in [0.4, 0.5) is 0 Å². The van der Waals surface area contributed by atoms with E-state index in [0.717, 1.165) is 21.6 Å². The molecule has 1 N–H and O–H groups in total. The van der Waals surface area contributed by atoms with Crippen molar-refractivity contribution >= 4 is 23.1 Å². The average Bonchev–Trinajstić information content (AvgIpc) is 2.58. The van der Waals surface area contributed by atoms with Crippen LogP contribution >= 0.6 is 23.1 Å². The molecular weight excluding hydrogens is 214 g/mol. The highest BCUT2D eigenvalue weighted by Gasteiger charge is 2.04. The van der Waals surface area contributed by atoms with E-state index in [1.807, 2.05) is 6.92 Å². The van der Waals surface area contributed by atoms with Gasteiger partial charge in [-0.2, -0.15) is 0 Å². The third-order valence-corrected chi connectivity index (χ3v) is 3.94. The largest absolute Gasteiger partial charge is 0.313 e. The molecule has 1 rings (SSSR count). The quantitative estimate of drug-likeness (QED) is 0.763. The van der Waals surface area contributed by atoms with Gasteiger partial charge >= 0.3 is 0 Å². The van der Waals surface area contributed by atoms with Gasteiger partial charge in [0.25, 0.3) is 0 Å². The summed E-state index contributed by atoms with van der Waals surface area (Å²) in [6, 6.07) is 0.546. The van der Waals surface area contributed by atoms with Gasteiger partial charge in [0.15, 0.2) is 4.34 Å². The van der Waals surface area contributed by atoms with E-state index in [0.29, 0.717) is 6.04 Å². The van der Waals surface area contributed by atoms with Gasteiger partial charge in [0.2, 0.25) is 0 Å². The summed E-state index contributed by atoms with van der Waals surface area (Å²) in [4.78, 5) is 0. The van der Waals surface area contributed by atoms with Crippen LogP contribution in [-0.2, 0) is 0 Å². The Bertz CT molecular complexity index is 262. The Morgan fingerprint density at radius 2 is 2.29 bits per heavy atom. The standard InChI is InChI=1S/C9H17N3S2/c1-4-5-10-7(2)6-13-9-12-11-8(3)14-9/h7,10H,4-6H2,1-3H3. The summed E-state index contributed by atoms with van der Waals surface area (Å²) >= 11 is 3.45. The molecule has 0 fully saturated rings. The predicted molar refractivity (Wildman–Crippen MR) is 63.1 cm³/mol. The number of hydrogen-bond acceptors (Lipinski definition) is 5. The lowest BCUT2D eigenvalue weighted by molar-refractivity contribution is 0.590. The highest BCUT2D eigenvalue weighted by atomic mass is 32.2. The second kappa shape index (κ2) is 6.37. The summed E-state index contributed by atoms with van der Waals surface area (Å²) < 4.78 is 1.08. The van der Waals surface area contributed by atoms with E-state index in [9.17, 15) is 0 Å². The monoisotopic (exact) mass is 231 g/mol. The second-order valence-electron chi connectivity index (χ2n) is 3.25. The van der Waals surface area contributed by atoms with Gasteiger partial charge in [0.05, 0.1) is 0 Å². The Kier molecular flexibility index (Phi) is 5.44. The van der Waals surface area contributed by atoms with E-state index in [-0.39, 0.29) is 0 Å². The summed E-state index contributed by atoms with van der Waals surface area (Å²) in [6.07, 6.45) is 1.19. The molecule has 14 heavy (non-hydrogen) atoms. The topological polar surface area (TPSA) is 37.8 Å². The van der Waals surface area contributed by atoms with E-state index in [1.165, 1.54) is 6.42 Å². The van der Waals surface area contributed by atoms with Crippen LogP contribution in [0.5, 0.6) is 0 Å². The van der Waals surface area contributed by atoms with Crippen LogP contribution in [0, 0.1) is 6.92 Å². The number of hydrogen-bond donors (Lipinski definition) is 1. The number of rotatable bonds is 6. The third kappa shape index (κ3) is 4.39. The highest BCUT2D eigenvalue weighted by Crippen LogP contribution is 2.22. The molecule has 0 aliphatic carbocycles. The maximum absolute atomic E-state index is 4.07. The van der Waals surface area contributed by atoms with Crippen molar-refractivity contribution in [2.24, 2.45) is 0 Å². The molecule has 0 aliphatic heterocycles. The Labute approximate surface area is 93.7 Å². The molecule has 0 amide bonds. The van der Waals surface area contributed by atoms with Gasteiger partial charge in [-0.25, -0.2) is 0 Å². The van der Waals surface area contributed by atoms with Gasteiger partial charge in [-0.3, -0.25) is 0 Å². The molecule has 1 heterocycles. The third-order valence-electron chi connectivity index (χ3n) is 1.71. The first-order valence-corrected chi connectivity index (χ1v) is 6.69. The van der Waals surface area contributed by atoms with Crippen molar-refractivity contribution in [1.29, 1.82) is 0 Å². The van der Waals surface area contributed by atoms with Crippen LogP contribution in [0.3, 0.4) is 0 Å². The first kappa shape index (κ1) is 11.9. The molecule has 80 valence electrons. The summed E-state index contributed by atoms with van der Waals surface area (Å²) in [7, 11) is 0. The van der Waals surface area contributed by atoms with E-state index < -0.39 is 0 Å². The molecule has 1 atom stereocenters. The van der Waals surface area contributed by atoms with Crippen molar-refractivity contribution in [2.75, 3.05) is 12.3 Å². The van der Waals surface area contributed by atoms with E-state index in [1.54, 1.807) is 23.1 Å². The fourth-order valence-corrected chi connectivity index (χ4v) is 2.81. The molecular formula is C9H17N3S2. The predicted octanol–water partition coefficient (Wildman–Crippen LogP) is 2.33. The van der Waals surface area contributed by atoms with E-state index in [4.69, 9.17) is 0 Å². The maximum Gasteiger partial charge on any atom is 0.174 e. The molecule has 0 spiro atoms. The Morgan fingerprint density at radius 3 is 2.86 bits per heavy atom. The van der Waals surface area contributed by atoms with Gasteiger partial charge in [0, 0.05) is 11.8 Å². The minimum absolute atomic E-state index is 0.546. The molecule has 3 nitrogen and oxygen atoms in total. The SMILES string of the molecule is CCCNC(C)CSc1nnc(C)s1. The summed E-state index contributed by atoms with van der Waals surface area (Å²) in [6.45, 7) is 7.47. The normalized spacial score (nSPS) is 13.1. The van der Waals surface area contributed by atoms with Gasteiger partial charge < -0.3 is 5.32 Å². The fraction of sp³-hybridized carbons (Fsp3) is 0.778. The molecule has 0 saturated heterocycles. The number of nitrogens with zero attached hydrogens (tertiary/aromatic N) is 2. The Hall–Kier alpha value is -0.130. The zero-order valence-corrected chi connectivity index (χ0v) is 10.5. The number of aromatic nitrogens is 2. The van der Waals surface area contributed by atoms with Crippen LogP contribution in [0.15, 0.2) is 4.34 Å². The smallest absolute Gasteiger partial charge is 0.174 e. The van der Waals surface area contributed by atoms with Crippen molar-refractivity contribution in [1.82, 2.24) is 15.5 Å². The summed E-state index contributed by atoms with van der Waals surface area (Å²) in [5.74, 6) is 1.06. The zero-order chi connectivity index (χ0) is 10.4. The lowest BCUT2D eigenvalue weighted by Crippen LogP contribution is -2.28. The van der Waals surface area contributed by atoms with Crippen LogP contribution in [-0.4, -0.2) is 28.5 Å². The highest BCUT2D eigenvalue weighted by molar-refractivity contribution is 8.01. The van der Waals surface area contributed by atoms with Crippen LogP contribution in [0.2, 0.25) is 0 Å². The number of thioether (sulfide) groups is 1. The average molecular weight is 231 g/mol. The Balaban J connectivity index is 2.20. The lowest BCUT2D eigenvalue weighted by atomic mass is 10.3. The Morgan fingerprint density at radius 1 is 1.50 bits per heavy atom. The van der Waals surface area contributed by atoms with Crippen molar-refractivity contribution in [3.05, 3.63) is 5.01 Å². The molecule has 1 aromatic heterocycles. The zero-order valence-electron chi connectivity index (χ0n) is 8.91. The van der Waals surface area contributed by atoms with Crippen LogP contribution in [0.25, 0.3) is 0 Å². The van der Waals surface area contributed by atoms with Crippen molar-refractivity contribution in [3.63, 3.8) is 0 Å². The first-order valence-electron chi connectivity index (χ1n) is 4.88. The minimum Gasteiger partial charge on any atom is -0.313 e. The molecule has 0 aliphatic rings. The van der Waals surface area contributed by atoms with Gasteiger partial charge in [0.1, 0.15) is 5.01 Å². The molecule has 0 bridgehead atoms. The van der Waals surface area contributed by atoms with Crippen molar-refractivity contribution < 1.29 is 0 Å². The first-order chi connectivity index (χ1) is 6.72. The van der Waals surface area contributed by atoms with Gasteiger partial charge in [-0.1, -0.05) is 30.0 Å². The van der Waals surface area contributed by atoms with Crippen molar-refractivity contribution in [2.45, 2.75) is 37.6 Å². The molecule has 0 radical (unpaired) electrons. The summed E-state index contributed by atoms with van der Waals surface area (Å²) in [5, 5.41) is 12.5. The van der Waals surface area contributed by atoms with Crippen LogP contribution in [0.1, 0.15) is 25.3 Å². The van der Waals surface area contributed by atoms with Gasteiger partial charge in [-0.15, -0.1) is 10.2 Å². The molecule has 5 heteroatoms. The van der Waals surface area contributed by atoms with Gasteiger partial charge in [-0.05, 0) is 26.8 Å². The van der Waals surface area contributed by atoms with Crippen LogP contribution < -0.4 is 5.32 Å². The fourth-order valence-electron chi connectivity index (χ4n) is 0.983. The van der Waals surface area contributed by atoms with E-state index in [2.05, 4.69) is 29.4 Å². The lowest BCUT2D eigenvalue weighted by Gasteiger charge is -2.10.